The molecule has 0 bridgehead atoms. The average Bonchev–Trinajstić information content (AvgIpc) is 3.08. The van der Waals surface area contributed by atoms with Crippen LogP contribution in [0.4, 0.5) is 0 Å². The van der Waals surface area contributed by atoms with Crippen molar-refractivity contribution in [2.24, 2.45) is 10.9 Å². The molecule has 1 aromatic rings. The standard InChI is InChI=1S/C19H37N7/c1-5-7-8-20-19(21-9-10-26-16-22-23-18(26)6-2)25-13-11-24(12-14-25)15-17(3)4/h16-17H,5-15H2,1-4H3,(H,20,21). The molecule has 7 nitrogen and oxygen atoms in total. The maximum Gasteiger partial charge on any atom is 0.194 e. The zero-order valence-electron chi connectivity index (χ0n) is 17.1. The topological polar surface area (TPSA) is 61.6 Å². The molecule has 2 heterocycles. The molecule has 0 aromatic carbocycles. The van der Waals surface area contributed by atoms with E-state index in [0.29, 0.717) is 0 Å². The molecule has 26 heavy (non-hydrogen) atoms. The number of nitrogens with zero attached hydrogens (tertiary/aromatic N) is 6. The molecular formula is C19H37N7. The molecule has 0 radical (unpaired) electrons. The third-order valence-electron chi connectivity index (χ3n) is 4.72. The first kappa shape index (κ1) is 20.7. The lowest BCUT2D eigenvalue weighted by Gasteiger charge is -2.37. The quantitative estimate of drug-likeness (QED) is 0.412. The lowest BCUT2D eigenvalue weighted by Crippen LogP contribution is -2.53. The van der Waals surface area contributed by atoms with E-state index in [0.717, 1.165) is 76.4 Å². The van der Waals surface area contributed by atoms with Gasteiger partial charge in [-0.15, -0.1) is 10.2 Å². The van der Waals surface area contributed by atoms with E-state index < -0.39 is 0 Å². The van der Waals surface area contributed by atoms with E-state index in [1.807, 2.05) is 6.33 Å². The van der Waals surface area contributed by atoms with Crippen LogP contribution >= 0.6 is 0 Å². The maximum absolute atomic E-state index is 4.86. The van der Waals surface area contributed by atoms with Crippen LogP contribution in [0.2, 0.25) is 0 Å². The van der Waals surface area contributed by atoms with Crippen LogP contribution in [0, 0.1) is 5.92 Å². The molecule has 0 atom stereocenters. The molecule has 0 aliphatic carbocycles. The van der Waals surface area contributed by atoms with Crippen molar-refractivity contribution in [3.8, 4) is 0 Å². The highest BCUT2D eigenvalue weighted by Crippen LogP contribution is 2.06. The summed E-state index contributed by atoms with van der Waals surface area (Å²) >= 11 is 0. The molecule has 0 spiro atoms. The Kier molecular flexibility index (Phi) is 8.88. The van der Waals surface area contributed by atoms with Crippen molar-refractivity contribution in [3.63, 3.8) is 0 Å². The van der Waals surface area contributed by atoms with E-state index in [9.17, 15) is 0 Å². The van der Waals surface area contributed by atoms with Crippen LogP contribution < -0.4 is 5.32 Å². The molecule has 0 amide bonds. The zero-order valence-corrected chi connectivity index (χ0v) is 17.1. The van der Waals surface area contributed by atoms with Gasteiger partial charge in [0.1, 0.15) is 12.2 Å². The number of aryl methyl sites for hydroxylation is 1. The van der Waals surface area contributed by atoms with Gasteiger partial charge >= 0.3 is 0 Å². The van der Waals surface area contributed by atoms with Gasteiger partial charge in [0, 0.05) is 58.8 Å². The Morgan fingerprint density at radius 2 is 2.00 bits per heavy atom. The fraction of sp³-hybridized carbons (Fsp3) is 0.842. The van der Waals surface area contributed by atoms with Gasteiger partial charge in [0.05, 0.1) is 0 Å². The number of piperazine rings is 1. The van der Waals surface area contributed by atoms with Gasteiger partial charge in [0.2, 0.25) is 0 Å². The van der Waals surface area contributed by atoms with Crippen LogP contribution in [0.1, 0.15) is 46.4 Å². The molecule has 0 unspecified atom stereocenters. The van der Waals surface area contributed by atoms with Gasteiger partial charge in [-0.05, 0) is 12.3 Å². The number of unbranched alkanes of at least 4 members (excludes halogenated alkanes) is 1. The molecule has 1 N–H and O–H groups in total. The molecule has 1 fully saturated rings. The normalized spacial score (nSPS) is 16.5. The highest BCUT2D eigenvalue weighted by Gasteiger charge is 2.20. The fourth-order valence-corrected chi connectivity index (χ4v) is 3.30. The number of aromatic nitrogens is 3. The minimum atomic E-state index is 0.730. The van der Waals surface area contributed by atoms with Crippen molar-refractivity contribution in [2.45, 2.75) is 53.5 Å². The summed E-state index contributed by atoms with van der Waals surface area (Å²) in [6.45, 7) is 17.1. The van der Waals surface area contributed by atoms with Crippen LogP contribution in [0.15, 0.2) is 11.3 Å². The van der Waals surface area contributed by atoms with Gasteiger partial charge < -0.3 is 14.8 Å². The number of nitrogens with one attached hydrogen (secondary N) is 1. The molecule has 1 aromatic heterocycles. The van der Waals surface area contributed by atoms with Gasteiger partial charge in [-0.25, -0.2) is 0 Å². The Labute approximate surface area is 158 Å². The summed E-state index contributed by atoms with van der Waals surface area (Å²) in [5, 5.41) is 11.7. The summed E-state index contributed by atoms with van der Waals surface area (Å²) in [6.07, 6.45) is 5.05. The van der Waals surface area contributed by atoms with Crippen molar-refractivity contribution in [2.75, 3.05) is 45.8 Å². The first-order valence-electron chi connectivity index (χ1n) is 10.3. The van der Waals surface area contributed by atoms with Crippen LogP contribution in [-0.2, 0) is 13.0 Å². The molecule has 1 saturated heterocycles. The number of hydrogen-bond acceptors (Lipinski definition) is 4. The van der Waals surface area contributed by atoms with E-state index in [1.54, 1.807) is 0 Å². The van der Waals surface area contributed by atoms with E-state index in [2.05, 4.69) is 57.6 Å². The van der Waals surface area contributed by atoms with E-state index in [-0.39, 0.29) is 0 Å². The molecule has 7 heteroatoms. The van der Waals surface area contributed by atoms with Crippen molar-refractivity contribution < 1.29 is 0 Å². The predicted molar refractivity (Wildman–Crippen MR) is 107 cm³/mol. The lowest BCUT2D eigenvalue weighted by atomic mass is 10.2. The Bertz CT molecular complexity index is 530. The smallest absolute Gasteiger partial charge is 0.194 e. The fourth-order valence-electron chi connectivity index (χ4n) is 3.30. The van der Waals surface area contributed by atoms with Crippen molar-refractivity contribution in [3.05, 3.63) is 12.2 Å². The lowest BCUT2D eigenvalue weighted by molar-refractivity contribution is 0.163. The molecule has 1 aliphatic heterocycles. The predicted octanol–water partition coefficient (Wildman–Crippen LogP) is 1.86. The number of aliphatic imine (C=N–C) groups is 1. The third kappa shape index (κ3) is 6.59. The van der Waals surface area contributed by atoms with Crippen LogP contribution in [0.25, 0.3) is 0 Å². The Hall–Kier alpha value is -1.63. The second kappa shape index (κ2) is 11.2. The first-order valence-corrected chi connectivity index (χ1v) is 10.3. The van der Waals surface area contributed by atoms with Gasteiger partial charge in [0.15, 0.2) is 5.96 Å². The second-order valence-electron chi connectivity index (χ2n) is 7.46. The van der Waals surface area contributed by atoms with E-state index in [1.165, 1.54) is 13.0 Å². The van der Waals surface area contributed by atoms with Gasteiger partial charge in [0.25, 0.3) is 0 Å². The van der Waals surface area contributed by atoms with Crippen LogP contribution in [0.5, 0.6) is 0 Å². The molecule has 1 aliphatic rings. The van der Waals surface area contributed by atoms with Crippen molar-refractivity contribution in [1.82, 2.24) is 29.9 Å². The number of hydrogen-bond donors (Lipinski definition) is 1. The third-order valence-corrected chi connectivity index (χ3v) is 4.72. The summed E-state index contributed by atoms with van der Waals surface area (Å²) in [6, 6.07) is 0. The molecule has 148 valence electrons. The van der Waals surface area contributed by atoms with Gasteiger partial charge in [-0.2, -0.15) is 0 Å². The van der Waals surface area contributed by atoms with Gasteiger partial charge in [-0.3, -0.25) is 9.89 Å². The van der Waals surface area contributed by atoms with Crippen molar-refractivity contribution in [1.29, 1.82) is 0 Å². The molecule has 2 rings (SSSR count). The van der Waals surface area contributed by atoms with Crippen LogP contribution in [0.3, 0.4) is 0 Å². The first-order chi connectivity index (χ1) is 12.6. The second-order valence-corrected chi connectivity index (χ2v) is 7.46. The number of guanidine groups is 1. The largest absolute Gasteiger partial charge is 0.354 e. The Balaban J connectivity index is 1.86. The number of rotatable bonds is 9. The Morgan fingerprint density at radius 1 is 1.23 bits per heavy atom. The van der Waals surface area contributed by atoms with E-state index >= 15 is 0 Å². The zero-order chi connectivity index (χ0) is 18.8. The monoisotopic (exact) mass is 363 g/mol. The highest BCUT2D eigenvalue weighted by atomic mass is 15.4. The SMILES string of the molecule is CCCCN=C(NCCn1cnnc1CC)N1CCN(CC(C)C)CC1. The summed E-state index contributed by atoms with van der Waals surface area (Å²) in [7, 11) is 0. The summed E-state index contributed by atoms with van der Waals surface area (Å²) in [4.78, 5) is 9.84. The summed E-state index contributed by atoms with van der Waals surface area (Å²) in [5.41, 5.74) is 0. The van der Waals surface area contributed by atoms with E-state index in [4.69, 9.17) is 4.99 Å². The molecular weight excluding hydrogens is 326 g/mol. The van der Waals surface area contributed by atoms with Crippen molar-refractivity contribution >= 4 is 5.96 Å². The maximum atomic E-state index is 4.86. The minimum absolute atomic E-state index is 0.730. The highest BCUT2D eigenvalue weighted by molar-refractivity contribution is 5.80. The minimum Gasteiger partial charge on any atom is -0.354 e. The van der Waals surface area contributed by atoms with Gasteiger partial charge in [-0.1, -0.05) is 34.1 Å². The molecule has 0 saturated carbocycles. The summed E-state index contributed by atoms with van der Waals surface area (Å²) < 4.78 is 2.12. The summed E-state index contributed by atoms with van der Waals surface area (Å²) in [5.74, 6) is 2.83. The Morgan fingerprint density at radius 3 is 2.65 bits per heavy atom. The van der Waals surface area contributed by atoms with Crippen LogP contribution in [-0.4, -0.2) is 76.3 Å². The average molecular weight is 364 g/mol.